The third-order valence-corrected chi connectivity index (χ3v) is 2.29. The molecule has 0 spiro atoms. The van der Waals surface area contributed by atoms with Gasteiger partial charge in [-0.2, -0.15) is 0 Å². The third kappa shape index (κ3) is 2.84. The number of carbonyl (C=O) groups excluding carboxylic acids is 1. The molecule has 11 heavy (non-hydrogen) atoms. The Balaban J connectivity index is 2.40. The number of carbonyl (C=O) groups is 1. The molecule has 1 aliphatic heterocycles. The molecule has 0 radical (unpaired) electrons. The van der Waals surface area contributed by atoms with Gasteiger partial charge in [0, 0.05) is 11.4 Å². The number of nitrogens with one attached hydrogen (secondary N) is 2. The van der Waals surface area contributed by atoms with E-state index in [1.807, 2.05) is 6.08 Å². The van der Waals surface area contributed by atoms with E-state index >= 15 is 0 Å². The van der Waals surface area contributed by atoms with Crippen molar-refractivity contribution in [1.82, 2.24) is 10.6 Å². The molecule has 0 bridgehead atoms. The summed E-state index contributed by atoms with van der Waals surface area (Å²) in [6.07, 6.45) is 3.62. The lowest BCUT2D eigenvalue weighted by Crippen LogP contribution is -2.41. The maximum absolute atomic E-state index is 10.8. The molecule has 0 saturated heterocycles. The number of hydrogen-bond acceptors (Lipinski definition) is 2. The third-order valence-electron chi connectivity index (χ3n) is 1.18. The van der Waals surface area contributed by atoms with Crippen LogP contribution in [0.1, 0.15) is 13.8 Å². The van der Waals surface area contributed by atoms with Crippen LogP contribution >= 0.6 is 11.8 Å². The maximum Gasteiger partial charge on any atom is 0.319 e. The van der Waals surface area contributed by atoms with Crippen molar-refractivity contribution in [3.63, 3.8) is 0 Å². The van der Waals surface area contributed by atoms with E-state index in [9.17, 15) is 4.79 Å². The van der Waals surface area contributed by atoms with Crippen molar-refractivity contribution < 1.29 is 4.79 Å². The van der Waals surface area contributed by atoms with Crippen LogP contribution in [0.5, 0.6) is 0 Å². The minimum Gasteiger partial charge on any atom is -0.323 e. The van der Waals surface area contributed by atoms with Gasteiger partial charge in [0.05, 0.1) is 5.37 Å². The van der Waals surface area contributed by atoms with Crippen LogP contribution < -0.4 is 10.6 Å². The summed E-state index contributed by atoms with van der Waals surface area (Å²) in [6.45, 7) is 4.21. The summed E-state index contributed by atoms with van der Waals surface area (Å²) >= 11 is 1.72. The summed E-state index contributed by atoms with van der Waals surface area (Å²) in [6, 6.07) is -0.120. The van der Waals surface area contributed by atoms with Crippen molar-refractivity contribution in [2.24, 2.45) is 0 Å². The Bertz CT molecular complexity index is 179. The van der Waals surface area contributed by atoms with Crippen LogP contribution in [-0.4, -0.2) is 16.7 Å². The van der Waals surface area contributed by atoms with Crippen LogP contribution in [0, 0.1) is 0 Å². The van der Waals surface area contributed by atoms with E-state index in [0.29, 0.717) is 5.25 Å². The van der Waals surface area contributed by atoms with E-state index in [0.717, 1.165) is 0 Å². The molecule has 0 fully saturated rings. The maximum atomic E-state index is 10.8. The molecule has 0 aromatic rings. The highest BCUT2D eigenvalue weighted by molar-refractivity contribution is 8.00. The molecule has 0 unspecified atom stereocenters. The zero-order chi connectivity index (χ0) is 8.27. The first-order valence-electron chi connectivity index (χ1n) is 3.57. The van der Waals surface area contributed by atoms with Gasteiger partial charge in [-0.05, 0) is 6.08 Å². The first-order valence-corrected chi connectivity index (χ1v) is 4.52. The second-order valence-corrected chi connectivity index (χ2v) is 4.31. The Morgan fingerprint density at radius 2 is 2.36 bits per heavy atom. The quantitative estimate of drug-likeness (QED) is 0.658. The Kier molecular flexibility index (Phi) is 2.82. The molecular formula is C7H12N2OS. The fourth-order valence-electron chi connectivity index (χ4n) is 0.803. The molecule has 0 aromatic heterocycles. The van der Waals surface area contributed by atoms with Gasteiger partial charge in [-0.1, -0.05) is 13.8 Å². The van der Waals surface area contributed by atoms with E-state index < -0.39 is 0 Å². The van der Waals surface area contributed by atoms with Gasteiger partial charge in [0.2, 0.25) is 0 Å². The molecule has 1 rings (SSSR count). The number of thioether (sulfide) groups is 1. The molecule has 0 aromatic carbocycles. The Hall–Kier alpha value is -0.640. The van der Waals surface area contributed by atoms with Crippen LogP contribution in [0.2, 0.25) is 0 Å². The molecule has 0 aliphatic carbocycles. The number of amides is 2. The SMILES string of the molecule is CC(C)S[C@H]1C=CNC(=O)N1. The predicted octanol–water partition coefficient (Wildman–Crippen LogP) is 1.28. The number of urea groups is 1. The fourth-order valence-corrected chi connectivity index (χ4v) is 1.73. The molecule has 1 aliphatic rings. The first-order chi connectivity index (χ1) is 5.18. The lowest BCUT2D eigenvalue weighted by Gasteiger charge is -2.19. The Morgan fingerprint density at radius 3 is 2.91 bits per heavy atom. The fraction of sp³-hybridized carbons (Fsp3) is 0.571. The second kappa shape index (κ2) is 3.67. The van der Waals surface area contributed by atoms with Crippen molar-refractivity contribution >= 4 is 17.8 Å². The average Bonchev–Trinajstić information content (AvgIpc) is 1.85. The van der Waals surface area contributed by atoms with Gasteiger partial charge in [-0.25, -0.2) is 4.79 Å². The summed E-state index contributed by atoms with van der Waals surface area (Å²) in [5.74, 6) is 0. The zero-order valence-electron chi connectivity index (χ0n) is 6.63. The molecule has 2 N–H and O–H groups in total. The summed E-state index contributed by atoms with van der Waals surface area (Å²) in [5.41, 5.74) is 0. The lowest BCUT2D eigenvalue weighted by atomic mass is 10.5. The summed E-state index contributed by atoms with van der Waals surface area (Å²) in [4.78, 5) is 10.8. The van der Waals surface area contributed by atoms with Crippen molar-refractivity contribution in [1.29, 1.82) is 0 Å². The summed E-state index contributed by atoms with van der Waals surface area (Å²) < 4.78 is 0. The molecule has 62 valence electrons. The monoisotopic (exact) mass is 172 g/mol. The number of rotatable bonds is 2. The second-order valence-electron chi connectivity index (χ2n) is 2.58. The van der Waals surface area contributed by atoms with Crippen molar-refractivity contribution in [3.8, 4) is 0 Å². The van der Waals surface area contributed by atoms with E-state index in [4.69, 9.17) is 0 Å². The minimum atomic E-state index is -0.120. The van der Waals surface area contributed by atoms with Gasteiger partial charge in [0.1, 0.15) is 0 Å². The van der Waals surface area contributed by atoms with Gasteiger partial charge in [-0.3, -0.25) is 0 Å². The van der Waals surface area contributed by atoms with Crippen LogP contribution in [0.25, 0.3) is 0 Å². The van der Waals surface area contributed by atoms with Crippen molar-refractivity contribution in [3.05, 3.63) is 12.3 Å². The molecule has 1 heterocycles. The zero-order valence-corrected chi connectivity index (χ0v) is 7.44. The minimum absolute atomic E-state index is 0.120. The highest BCUT2D eigenvalue weighted by Gasteiger charge is 2.13. The summed E-state index contributed by atoms with van der Waals surface area (Å²) in [5, 5.41) is 5.97. The van der Waals surface area contributed by atoms with Gasteiger partial charge in [0.25, 0.3) is 0 Å². The van der Waals surface area contributed by atoms with Crippen LogP contribution in [0.15, 0.2) is 12.3 Å². The molecule has 0 saturated carbocycles. The smallest absolute Gasteiger partial charge is 0.319 e. The van der Waals surface area contributed by atoms with E-state index in [2.05, 4.69) is 24.5 Å². The molecule has 1 atom stereocenters. The average molecular weight is 172 g/mol. The van der Waals surface area contributed by atoms with E-state index in [1.54, 1.807) is 18.0 Å². The van der Waals surface area contributed by atoms with E-state index in [-0.39, 0.29) is 11.4 Å². The Morgan fingerprint density at radius 1 is 1.64 bits per heavy atom. The van der Waals surface area contributed by atoms with Crippen LogP contribution in [-0.2, 0) is 0 Å². The number of hydrogen-bond donors (Lipinski definition) is 2. The molecule has 3 nitrogen and oxygen atoms in total. The van der Waals surface area contributed by atoms with Gasteiger partial charge >= 0.3 is 6.03 Å². The molecular weight excluding hydrogens is 160 g/mol. The largest absolute Gasteiger partial charge is 0.323 e. The molecule has 4 heteroatoms. The van der Waals surface area contributed by atoms with E-state index in [1.165, 1.54) is 0 Å². The van der Waals surface area contributed by atoms with Crippen molar-refractivity contribution in [2.75, 3.05) is 0 Å². The van der Waals surface area contributed by atoms with Crippen LogP contribution in [0.3, 0.4) is 0 Å². The molecule has 2 amide bonds. The normalized spacial score (nSPS) is 23.2. The van der Waals surface area contributed by atoms with Crippen molar-refractivity contribution in [2.45, 2.75) is 24.5 Å². The highest BCUT2D eigenvalue weighted by atomic mass is 32.2. The van der Waals surface area contributed by atoms with Gasteiger partial charge < -0.3 is 10.6 Å². The predicted molar refractivity (Wildman–Crippen MR) is 47.3 cm³/mol. The highest BCUT2D eigenvalue weighted by Crippen LogP contribution is 2.16. The summed E-state index contributed by atoms with van der Waals surface area (Å²) in [7, 11) is 0. The van der Waals surface area contributed by atoms with Crippen LogP contribution in [0.4, 0.5) is 4.79 Å². The first kappa shape index (κ1) is 8.46. The van der Waals surface area contributed by atoms with Gasteiger partial charge in [-0.15, -0.1) is 11.8 Å². The topological polar surface area (TPSA) is 41.1 Å². The lowest BCUT2D eigenvalue weighted by molar-refractivity contribution is 0.243. The Labute approximate surface area is 70.6 Å². The standard InChI is InChI=1S/C7H12N2OS/c1-5(2)11-6-3-4-8-7(10)9-6/h3-6H,1-2H3,(H2,8,9,10)/t6-/m0/s1. The van der Waals surface area contributed by atoms with Gasteiger partial charge in [0.15, 0.2) is 0 Å².